The number of benzene rings is 1. The molecule has 0 radical (unpaired) electrons. The van der Waals surface area contributed by atoms with Gasteiger partial charge < -0.3 is 4.90 Å². The van der Waals surface area contributed by atoms with Gasteiger partial charge >= 0.3 is 0 Å². The van der Waals surface area contributed by atoms with Gasteiger partial charge in [0.05, 0.1) is 4.92 Å². The van der Waals surface area contributed by atoms with E-state index in [1.165, 1.54) is 18.2 Å². The molecule has 114 valence electrons. The van der Waals surface area contributed by atoms with Crippen molar-refractivity contribution in [3.63, 3.8) is 0 Å². The standard InChI is InChI=1S/C14H16BrClN2O3/c1-9(15)10-4-6-17(7-5-10)14(19)12-8-11(16)2-3-13(12)18(20)21/h2-3,8-10H,4-7H2,1H3. The monoisotopic (exact) mass is 374 g/mol. The van der Waals surface area contributed by atoms with Crippen LogP contribution in [0.2, 0.25) is 5.02 Å². The lowest BCUT2D eigenvalue weighted by atomic mass is 9.94. The van der Waals surface area contributed by atoms with Crippen molar-refractivity contribution < 1.29 is 9.72 Å². The van der Waals surface area contributed by atoms with Gasteiger partial charge in [0, 0.05) is 29.0 Å². The molecule has 1 saturated heterocycles. The molecule has 1 unspecified atom stereocenters. The number of carbonyl (C=O) groups excluding carboxylic acids is 1. The lowest BCUT2D eigenvalue weighted by Gasteiger charge is -2.33. The van der Waals surface area contributed by atoms with Crippen LogP contribution in [0.5, 0.6) is 0 Å². The summed E-state index contributed by atoms with van der Waals surface area (Å²) in [5.74, 6) is 0.216. The Labute approximate surface area is 136 Å². The molecule has 0 aromatic heterocycles. The Bertz CT molecular complexity index is 557. The van der Waals surface area contributed by atoms with Crippen LogP contribution in [0.25, 0.3) is 0 Å². The maximum Gasteiger partial charge on any atom is 0.282 e. The Morgan fingerprint density at radius 2 is 2.10 bits per heavy atom. The van der Waals surface area contributed by atoms with Gasteiger partial charge in [-0.05, 0) is 30.9 Å². The van der Waals surface area contributed by atoms with Gasteiger partial charge in [-0.15, -0.1) is 0 Å². The van der Waals surface area contributed by atoms with E-state index in [9.17, 15) is 14.9 Å². The van der Waals surface area contributed by atoms with Crippen LogP contribution in [0.3, 0.4) is 0 Å². The summed E-state index contributed by atoms with van der Waals surface area (Å²) in [4.78, 5) is 25.1. The van der Waals surface area contributed by atoms with E-state index >= 15 is 0 Å². The van der Waals surface area contributed by atoms with Crippen molar-refractivity contribution in [2.75, 3.05) is 13.1 Å². The van der Waals surface area contributed by atoms with Crippen molar-refractivity contribution >= 4 is 39.1 Å². The first-order valence-corrected chi connectivity index (χ1v) is 8.06. The van der Waals surface area contributed by atoms with E-state index in [2.05, 4.69) is 22.9 Å². The van der Waals surface area contributed by atoms with Gasteiger partial charge in [-0.3, -0.25) is 14.9 Å². The predicted octanol–water partition coefficient (Wildman–Crippen LogP) is 3.88. The lowest BCUT2D eigenvalue weighted by Crippen LogP contribution is -2.40. The van der Waals surface area contributed by atoms with Crippen molar-refractivity contribution in [1.82, 2.24) is 4.90 Å². The summed E-state index contributed by atoms with van der Waals surface area (Å²) in [6.45, 7) is 3.33. The summed E-state index contributed by atoms with van der Waals surface area (Å²) in [6.07, 6.45) is 1.79. The van der Waals surface area contributed by atoms with E-state index in [1.54, 1.807) is 4.90 Å². The zero-order valence-electron chi connectivity index (χ0n) is 11.6. The van der Waals surface area contributed by atoms with Crippen LogP contribution in [-0.4, -0.2) is 33.6 Å². The Hall–Kier alpha value is -1.14. The Morgan fingerprint density at radius 1 is 1.48 bits per heavy atom. The first kappa shape index (κ1) is 16.2. The number of likely N-dealkylation sites (tertiary alicyclic amines) is 1. The highest BCUT2D eigenvalue weighted by Gasteiger charge is 2.29. The molecule has 1 atom stereocenters. The molecule has 1 heterocycles. The lowest BCUT2D eigenvalue weighted by molar-refractivity contribution is -0.385. The topological polar surface area (TPSA) is 63.5 Å². The van der Waals surface area contributed by atoms with E-state index in [0.717, 1.165) is 12.8 Å². The van der Waals surface area contributed by atoms with Crippen LogP contribution in [0.15, 0.2) is 18.2 Å². The van der Waals surface area contributed by atoms with Crippen LogP contribution in [0.4, 0.5) is 5.69 Å². The van der Waals surface area contributed by atoms with Gasteiger partial charge in [0.15, 0.2) is 0 Å². The summed E-state index contributed by atoms with van der Waals surface area (Å²) in [7, 11) is 0. The molecule has 0 spiro atoms. The number of piperidine rings is 1. The zero-order valence-corrected chi connectivity index (χ0v) is 13.9. The minimum absolute atomic E-state index is 0.0674. The Balaban J connectivity index is 2.18. The zero-order chi connectivity index (χ0) is 15.6. The molecule has 7 heteroatoms. The summed E-state index contributed by atoms with van der Waals surface area (Å²) in [6, 6.07) is 4.08. The molecule has 1 aliphatic rings. The smallest absolute Gasteiger partial charge is 0.282 e. The second-order valence-corrected chi connectivity index (χ2v) is 7.11. The fourth-order valence-electron chi connectivity index (χ4n) is 2.57. The summed E-state index contributed by atoms with van der Waals surface area (Å²) >= 11 is 9.44. The van der Waals surface area contributed by atoms with E-state index in [0.29, 0.717) is 28.9 Å². The minimum Gasteiger partial charge on any atom is -0.338 e. The van der Waals surface area contributed by atoms with Crippen molar-refractivity contribution in [2.45, 2.75) is 24.6 Å². The number of hydrogen-bond donors (Lipinski definition) is 0. The fraction of sp³-hybridized carbons (Fsp3) is 0.500. The summed E-state index contributed by atoms with van der Waals surface area (Å²) < 4.78 is 0. The summed E-state index contributed by atoms with van der Waals surface area (Å²) in [5, 5.41) is 11.4. The molecule has 1 amide bonds. The molecule has 1 aliphatic heterocycles. The highest BCUT2D eigenvalue weighted by molar-refractivity contribution is 9.09. The molecular formula is C14H16BrClN2O3. The van der Waals surface area contributed by atoms with Crippen LogP contribution < -0.4 is 0 Å². The second-order valence-electron chi connectivity index (χ2n) is 5.23. The van der Waals surface area contributed by atoms with Crippen molar-refractivity contribution in [3.8, 4) is 0 Å². The number of nitrogens with zero attached hydrogens (tertiary/aromatic N) is 2. The van der Waals surface area contributed by atoms with Gasteiger partial charge in [-0.25, -0.2) is 0 Å². The van der Waals surface area contributed by atoms with E-state index in [4.69, 9.17) is 11.6 Å². The first-order valence-electron chi connectivity index (χ1n) is 6.77. The van der Waals surface area contributed by atoms with E-state index < -0.39 is 4.92 Å². The third-order valence-electron chi connectivity index (χ3n) is 3.86. The van der Waals surface area contributed by atoms with Gasteiger partial charge in [-0.1, -0.05) is 34.5 Å². The van der Waals surface area contributed by atoms with Gasteiger partial charge in [-0.2, -0.15) is 0 Å². The second kappa shape index (κ2) is 6.75. The van der Waals surface area contributed by atoms with Gasteiger partial charge in [0.2, 0.25) is 0 Å². The molecule has 5 nitrogen and oxygen atoms in total. The normalized spacial score (nSPS) is 17.6. The van der Waals surface area contributed by atoms with Crippen LogP contribution in [0.1, 0.15) is 30.1 Å². The maximum atomic E-state index is 12.5. The van der Waals surface area contributed by atoms with Crippen LogP contribution in [0, 0.1) is 16.0 Å². The quantitative estimate of drug-likeness (QED) is 0.457. The molecule has 1 fully saturated rings. The van der Waals surface area contributed by atoms with Gasteiger partial charge in [0.25, 0.3) is 11.6 Å². The third-order valence-corrected chi connectivity index (χ3v) is 4.84. The van der Waals surface area contributed by atoms with Crippen molar-refractivity contribution in [3.05, 3.63) is 38.9 Å². The average Bonchev–Trinajstić information content (AvgIpc) is 2.46. The largest absolute Gasteiger partial charge is 0.338 e. The Morgan fingerprint density at radius 3 is 2.62 bits per heavy atom. The number of alkyl halides is 1. The Kier molecular flexibility index (Phi) is 5.22. The number of nitro benzene ring substituents is 1. The molecular weight excluding hydrogens is 360 g/mol. The van der Waals surface area contributed by atoms with Crippen molar-refractivity contribution in [1.29, 1.82) is 0 Å². The molecule has 0 aliphatic carbocycles. The SMILES string of the molecule is CC(Br)C1CCN(C(=O)c2cc(Cl)ccc2[N+](=O)[O-])CC1. The number of carbonyl (C=O) groups is 1. The summed E-state index contributed by atoms with van der Waals surface area (Å²) in [5.41, 5.74) is -0.127. The molecule has 1 aromatic rings. The first-order chi connectivity index (χ1) is 9.90. The average molecular weight is 376 g/mol. The minimum atomic E-state index is -0.545. The van der Waals surface area contributed by atoms with Gasteiger partial charge in [0.1, 0.15) is 5.56 Å². The maximum absolute atomic E-state index is 12.5. The molecule has 2 rings (SSSR count). The van der Waals surface area contributed by atoms with Crippen molar-refractivity contribution in [2.24, 2.45) is 5.92 Å². The van der Waals surface area contributed by atoms with E-state index in [1.807, 2.05) is 0 Å². The van der Waals surface area contributed by atoms with Crippen LogP contribution >= 0.6 is 27.5 Å². The van der Waals surface area contributed by atoms with Crippen LogP contribution in [-0.2, 0) is 0 Å². The predicted molar refractivity (Wildman–Crippen MR) is 85.1 cm³/mol. The highest BCUT2D eigenvalue weighted by Crippen LogP contribution is 2.28. The third kappa shape index (κ3) is 3.74. The molecule has 21 heavy (non-hydrogen) atoms. The van der Waals surface area contributed by atoms with E-state index in [-0.39, 0.29) is 17.2 Å². The number of hydrogen-bond acceptors (Lipinski definition) is 3. The highest BCUT2D eigenvalue weighted by atomic mass is 79.9. The molecule has 0 saturated carbocycles. The number of amides is 1. The number of rotatable bonds is 3. The molecule has 0 N–H and O–H groups in total. The number of halogens is 2. The number of nitro groups is 1. The fourth-order valence-corrected chi connectivity index (χ4v) is 3.27. The molecule has 0 bridgehead atoms. The molecule has 1 aromatic carbocycles.